The van der Waals surface area contributed by atoms with E-state index in [-0.39, 0.29) is 24.8 Å². The van der Waals surface area contributed by atoms with Crippen molar-refractivity contribution in [1.29, 1.82) is 0 Å². The van der Waals surface area contributed by atoms with Crippen molar-refractivity contribution in [3.63, 3.8) is 0 Å². The minimum absolute atomic E-state index is 0.155. The maximum atomic E-state index is 11.7. The quantitative estimate of drug-likeness (QED) is 0.780. The van der Waals surface area contributed by atoms with Gasteiger partial charge in [-0.15, -0.1) is 11.3 Å². The summed E-state index contributed by atoms with van der Waals surface area (Å²) in [6, 6.07) is 11.0. The van der Waals surface area contributed by atoms with Gasteiger partial charge in [0.05, 0.1) is 21.7 Å². The number of thiophene rings is 1. The van der Waals surface area contributed by atoms with Gasteiger partial charge in [0.15, 0.2) is 0 Å². The Morgan fingerprint density at radius 3 is 2.50 bits per heavy atom. The SMILES string of the molecule is Cc1ccc(OCCC(=O)NNC(=O)c2ccc(Br)s2)cc1. The van der Waals surface area contributed by atoms with E-state index in [1.807, 2.05) is 31.2 Å². The molecule has 0 atom stereocenters. The molecular formula is C15H15BrN2O3S. The molecule has 0 saturated heterocycles. The van der Waals surface area contributed by atoms with Gasteiger partial charge in [-0.3, -0.25) is 20.4 Å². The molecule has 0 aliphatic carbocycles. The lowest BCUT2D eigenvalue weighted by Crippen LogP contribution is -2.41. The zero-order valence-electron chi connectivity index (χ0n) is 11.9. The Morgan fingerprint density at radius 1 is 1.14 bits per heavy atom. The van der Waals surface area contributed by atoms with Gasteiger partial charge < -0.3 is 4.74 Å². The third kappa shape index (κ3) is 5.16. The molecule has 0 unspecified atom stereocenters. The summed E-state index contributed by atoms with van der Waals surface area (Å²) in [6.45, 7) is 2.24. The summed E-state index contributed by atoms with van der Waals surface area (Å²) in [4.78, 5) is 23.9. The molecule has 2 N–H and O–H groups in total. The maximum Gasteiger partial charge on any atom is 0.279 e. The van der Waals surface area contributed by atoms with Gasteiger partial charge >= 0.3 is 0 Å². The van der Waals surface area contributed by atoms with Gasteiger partial charge in [-0.1, -0.05) is 17.7 Å². The first-order chi connectivity index (χ1) is 10.5. The number of rotatable bonds is 5. The van der Waals surface area contributed by atoms with Crippen molar-refractivity contribution in [2.75, 3.05) is 6.61 Å². The van der Waals surface area contributed by atoms with Gasteiger partial charge in [-0.2, -0.15) is 0 Å². The number of ether oxygens (including phenoxy) is 1. The summed E-state index contributed by atoms with van der Waals surface area (Å²) < 4.78 is 6.31. The summed E-state index contributed by atoms with van der Waals surface area (Å²) >= 11 is 4.57. The number of benzene rings is 1. The second-order valence-corrected chi connectivity index (χ2v) is 6.98. The normalized spacial score (nSPS) is 10.1. The van der Waals surface area contributed by atoms with E-state index >= 15 is 0 Å². The fourth-order valence-electron chi connectivity index (χ4n) is 1.58. The highest BCUT2D eigenvalue weighted by Gasteiger charge is 2.09. The molecule has 0 aliphatic rings. The van der Waals surface area contributed by atoms with Gasteiger partial charge in [-0.25, -0.2) is 0 Å². The average molecular weight is 383 g/mol. The lowest BCUT2D eigenvalue weighted by atomic mass is 10.2. The van der Waals surface area contributed by atoms with Crippen molar-refractivity contribution in [3.05, 3.63) is 50.6 Å². The predicted octanol–water partition coefficient (Wildman–Crippen LogP) is 3.05. The van der Waals surface area contributed by atoms with E-state index in [1.165, 1.54) is 11.3 Å². The summed E-state index contributed by atoms with van der Waals surface area (Å²) in [6.07, 6.45) is 0.155. The highest BCUT2D eigenvalue weighted by Crippen LogP contribution is 2.21. The van der Waals surface area contributed by atoms with Crippen molar-refractivity contribution >= 4 is 39.1 Å². The highest BCUT2D eigenvalue weighted by molar-refractivity contribution is 9.11. The van der Waals surface area contributed by atoms with Crippen molar-refractivity contribution in [3.8, 4) is 5.75 Å². The molecule has 0 saturated carbocycles. The van der Waals surface area contributed by atoms with Crippen LogP contribution < -0.4 is 15.6 Å². The molecule has 0 fully saturated rings. The Morgan fingerprint density at radius 2 is 1.86 bits per heavy atom. The third-order valence-electron chi connectivity index (χ3n) is 2.73. The fourth-order valence-corrected chi connectivity index (χ4v) is 2.86. The summed E-state index contributed by atoms with van der Waals surface area (Å²) in [5, 5.41) is 0. The van der Waals surface area contributed by atoms with Crippen LogP contribution in [0.2, 0.25) is 0 Å². The van der Waals surface area contributed by atoms with Gasteiger partial charge in [-0.05, 0) is 47.1 Å². The second kappa shape index (κ2) is 7.95. The molecule has 2 amide bonds. The van der Waals surface area contributed by atoms with Crippen LogP contribution in [0.15, 0.2) is 40.2 Å². The summed E-state index contributed by atoms with van der Waals surface area (Å²) in [5.74, 6) is 0.0606. The largest absolute Gasteiger partial charge is 0.493 e. The number of hydrogen-bond acceptors (Lipinski definition) is 4. The fraction of sp³-hybridized carbons (Fsp3) is 0.200. The van der Waals surface area contributed by atoms with Crippen LogP contribution in [-0.4, -0.2) is 18.4 Å². The number of carbonyl (C=O) groups is 2. The number of nitrogens with one attached hydrogen (secondary N) is 2. The second-order valence-electron chi connectivity index (χ2n) is 4.52. The predicted molar refractivity (Wildman–Crippen MR) is 88.9 cm³/mol. The zero-order valence-corrected chi connectivity index (χ0v) is 14.3. The molecule has 1 aromatic heterocycles. The first-order valence-corrected chi connectivity index (χ1v) is 8.19. The van der Waals surface area contributed by atoms with E-state index < -0.39 is 0 Å². The smallest absolute Gasteiger partial charge is 0.279 e. The van der Waals surface area contributed by atoms with Crippen LogP contribution in [0.25, 0.3) is 0 Å². The Kier molecular flexibility index (Phi) is 5.97. The first-order valence-electron chi connectivity index (χ1n) is 6.58. The zero-order chi connectivity index (χ0) is 15.9. The van der Waals surface area contributed by atoms with Crippen LogP contribution in [-0.2, 0) is 4.79 Å². The van der Waals surface area contributed by atoms with E-state index in [9.17, 15) is 9.59 Å². The van der Waals surface area contributed by atoms with Gasteiger partial charge in [0.25, 0.3) is 5.91 Å². The lowest BCUT2D eigenvalue weighted by molar-refractivity contribution is -0.122. The van der Waals surface area contributed by atoms with Crippen LogP contribution in [0.3, 0.4) is 0 Å². The molecule has 7 heteroatoms. The molecule has 1 heterocycles. The molecule has 0 spiro atoms. The molecule has 2 rings (SSSR count). The molecular weight excluding hydrogens is 368 g/mol. The van der Waals surface area contributed by atoms with E-state index in [2.05, 4.69) is 26.8 Å². The Labute approximate surface area is 140 Å². The molecule has 0 radical (unpaired) electrons. The van der Waals surface area contributed by atoms with Crippen LogP contribution in [0.4, 0.5) is 0 Å². The molecule has 22 heavy (non-hydrogen) atoms. The van der Waals surface area contributed by atoms with Crippen LogP contribution in [0.5, 0.6) is 5.75 Å². The number of carbonyl (C=O) groups excluding carboxylic acids is 2. The molecule has 0 bridgehead atoms. The standard InChI is InChI=1S/C15H15BrN2O3S/c1-10-2-4-11(5-3-10)21-9-8-14(19)17-18-15(20)12-6-7-13(16)22-12/h2-7H,8-9H2,1H3,(H,17,19)(H,18,20). The Bertz CT molecular complexity index is 655. The summed E-state index contributed by atoms with van der Waals surface area (Å²) in [7, 11) is 0. The van der Waals surface area contributed by atoms with Crippen molar-refractivity contribution in [1.82, 2.24) is 10.9 Å². The number of amides is 2. The van der Waals surface area contributed by atoms with E-state index in [1.54, 1.807) is 12.1 Å². The number of hydrazine groups is 1. The van der Waals surface area contributed by atoms with Gasteiger partial charge in [0, 0.05) is 0 Å². The minimum atomic E-state index is -0.344. The Hall–Kier alpha value is -1.86. The number of aryl methyl sites for hydroxylation is 1. The number of hydrogen-bond donors (Lipinski definition) is 2. The average Bonchev–Trinajstić information content (AvgIpc) is 2.93. The van der Waals surface area contributed by atoms with Crippen LogP contribution >= 0.6 is 27.3 Å². The lowest BCUT2D eigenvalue weighted by Gasteiger charge is -2.08. The highest BCUT2D eigenvalue weighted by atomic mass is 79.9. The Balaban J connectivity index is 1.67. The van der Waals surface area contributed by atoms with Gasteiger partial charge in [0.1, 0.15) is 5.75 Å². The van der Waals surface area contributed by atoms with Crippen molar-refractivity contribution < 1.29 is 14.3 Å². The third-order valence-corrected chi connectivity index (χ3v) is 4.35. The van der Waals surface area contributed by atoms with Crippen LogP contribution in [0.1, 0.15) is 21.7 Å². The van der Waals surface area contributed by atoms with E-state index in [0.29, 0.717) is 10.6 Å². The van der Waals surface area contributed by atoms with Crippen molar-refractivity contribution in [2.24, 2.45) is 0 Å². The van der Waals surface area contributed by atoms with Gasteiger partial charge in [0.2, 0.25) is 5.91 Å². The maximum absolute atomic E-state index is 11.7. The topological polar surface area (TPSA) is 67.4 Å². The minimum Gasteiger partial charge on any atom is -0.493 e. The molecule has 1 aromatic carbocycles. The number of halogens is 1. The van der Waals surface area contributed by atoms with E-state index in [4.69, 9.17) is 4.74 Å². The van der Waals surface area contributed by atoms with Crippen molar-refractivity contribution in [2.45, 2.75) is 13.3 Å². The van der Waals surface area contributed by atoms with Crippen LogP contribution in [0, 0.1) is 6.92 Å². The van der Waals surface area contributed by atoms with E-state index in [0.717, 1.165) is 9.35 Å². The molecule has 116 valence electrons. The monoisotopic (exact) mass is 382 g/mol. The molecule has 0 aliphatic heterocycles. The summed E-state index contributed by atoms with van der Waals surface area (Å²) in [5.41, 5.74) is 5.87. The molecule has 5 nitrogen and oxygen atoms in total. The molecule has 2 aromatic rings. The first kappa shape index (κ1) is 16.5.